The van der Waals surface area contributed by atoms with E-state index in [1.165, 1.54) is 6.07 Å². The van der Waals surface area contributed by atoms with Crippen molar-refractivity contribution in [3.8, 4) is 11.8 Å². The van der Waals surface area contributed by atoms with E-state index in [1.807, 2.05) is 0 Å². The third kappa shape index (κ3) is 2.69. The summed E-state index contributed by atoms with van der Waals surface area (Å²) in [6, 6.07) is 3.21. The molecule has 1 rings (SSSR count). The third-order valence-corrected chi connectivity index (χ3v) is 2.00. The van der Waals surface area contributed by atoms with Crippen LogP contribution < -0.4 is 0 Å². The average molecular weight is 241 g/mol. The van der Waals surface area contributed by atoms with Gasteiger partial charge in [-0.3, -0.25) is 0 Å². The Labute approximate surface area is 96.0 Å². The van der Waals surface area contributed by atoms with Gasteiger partial charge in [0.1, 0.15) is 11.8 Å². The van der Waals surface area contributed by atoms with Gasteiger partial charge in [0.05, 0.1) is 17.7 Å². The molecule has 90 valence electrons. The van der Waals surface area contributed by atoms with Crippen LogP contribution in [0.3, 0.4) is 0 Å². The molecule has 1 aromatic rings. The number of hydrogen-bond acceptors (Lipinski definition) is 4. The van der Waals surface area contributed by atoms with E-state index in [0.717, 1.165) is 12.1 Å². The van der Waals surface area contributed by atoms with Gasteiger partial charge >= 0.3 is 5.97 Å². The second-order valence-electron chi connectivity index (χ2n) is 3.09. The van der Waals surface area contributed by atoms with Gasteiger partial charge in [-0.1, -0.05) is 0 Å². The van der Waals surface area contributed by atoms with Crippen LogP contribution in [0.1, 0.15) is 34.8 Å². The molecule has 0 bridgehead atoms. The molecule has 1 N–H and O–H groups in total. The highest BCUT2D eigenvalue weighted by Crippen LogP contribution is 2.29. The Balaban J connectivity index is 3.39. The summed E-state index contributed by atoms with van der Waals surface area (Å²) in [7, 11) is 0. The molecule has 1 aromatic carbocycles. The molecule has 0 amide bonds. The Hall–Kier alpha value is -2.16. The lowest BCUT2D eigenvalue weighted by molar-refractivity contribution is 0.0525. The number of ether oxygens (including phenoxy) is 1. The molecular weight excluding hydrogens is 232 g/mol. The maximum Gasteiger partial charge on any atom is 0.339 e. The lowest BCUT2D eigenvalue weighted by Crippen LogP contribution is -2.09. The first kappa shape index (κ1) is 12.9. The molecule has 0 unspecified atom stereocenters. The van der Waals surface area contributed by atoms with Crippen molar-refractivity contribution in [2.24, 2.45) is 0 Å². The molecule has 0 aliphatic heterocycles. The standard InChI is InChI=1S/C11H9F2NO3/c1-2-17-11(16)8-4-6(15)3-7(10(12)13)9(8)5-14/h3-4,10,15H,2H2,1H3. The summed E-state index contributed by atoms with van der Waals surface area (Å²) < 4.78 is 29.8. The van der Waals surface area contributed by atoms with Crippen LogP contribution in [-0.2, 0) is 4.74 Å². The van der Waals surface area contributed by atoms with E-state index in [1.54, 1.807) is 6.92 Å². The number of phenolic OH excluding ortho intramolecular Hbond substituents is 1. The molecule has 0 aliphatic carbocycles. The summed E-state index contributed by atoms with van der Waals surface area (Å²) in [5, 5.41) is 18.0. The van der Waals surface area contributed by atoms with Gasteiger partial charge in [-0.2, -0.15) is 5.26 Å². The highest BCUT2D eigenvalue weighted by Gasteiger charge is 2.22. The topological polar surface area (TPSA) is 70.3 Å². The molecule has 0 aliphatic rings. The Morgan fingerprint density at radius 1 is 1.59 bits per heavy atom. The molecule has 0 saturated heterocycles. The lowest BCUT2D eigenvalue weighted by atomic mass is 10.0. The molecule has 0 fully saturated rings. The molecule has 4 nitrogen and oxygen atoms in total. The zero-order chi connectivity index (χ0) is 13.0. The largest absolute Gasteiger partial charge is 0.508 e. The quantitative estimate of drug-likeness (QED) is 0.825. The number of hydrogen-bond donors (Lipinski definition) is 1. The Morgan fingerprint density at radius 3 is 2.71 bits per heavy atom. The number of carbonyl (C=O) groups excluding carboxylic acids is 1. The van der Waals surface area contributed by atoms with Gasteiger partial charge in [0, 0.05) is 5.56 Å². The van der Waals surface area contributed by atoms with Gasteiger partial charge < -0.3 is 9.84 Å². The molecule has 0 aromatic heterocycles. The smallest absolute Gasteiger partial charge is 0.339 e. The molecular formula is C11H9F2NO3. The van der Waals surface area contributed by atoms with Crippen LogP contribution in [-0.4, -0.2) is 17.7 Å². The Morgan fingerprint density at radius 2 is 2.24 bits per heavy atom. The predicted octanol–water partition coefficient (Wildman–Crippen LogP) is 2.38. The van der Waals surface area contributed by atoms with Gasteiger partial charge in [0.25, 0.3) is 6.43 Å². The molecule has 0 saturated carbocycles. The fourth-order valence-electron chi connectivity index (χ4n) is 1.32. The van der Waals surface area contributed by atoms with Gasteiger partial charge in [0.2, 0.25) is 0 Å². The lowest BCUT2D eigenvalue weighted by Gasteiger charge is -2.09. The molecule has 0 heterocycles. The second-order valence-corrected chi connectivity index (χ2v) is 3.09. The first-order valence-electron chi connectivity index (χ1n) is 4.73. The minimum Gasteiger partial charge on any atom is -0.508 e. The van der Waals surface area contributed by atoms with Crippen LogP contribution in [0.25, 0.3) is 0 Å². The van der Waals surface area contributed by atoms with Gasteiger partial charge in [-0.25, -0.2) is 13.6 Å². The van der Waals surface area contributed by atoms with E-state index in [0.29, 0.717) is 0 Å². The summed E-state index contributed by atoms with van der Waals surface area (Å²) in [6.45, 7) is 1.59. The van der Waals surface area contributed by atoms with Gasteiger partial charge in [-0.15, -0.1) is 0 Å². The number of carbonyl (C=O) groups is 1. The Bertz CT molecular complexity index is 480. The number of benzene rings is 1. The fourth-order valence-corrected chi connectivity index (χ4v) is 1.32. The van der Waals surface area contributed by atoms with Crippen molar-refractivity contribution in [3.63, 3.8) is 0 Å². The van der Waals surface area contributed by atoms with Crippen molar-refractivity contribution in [1.82, 2.24) is 0 Å². The number of alkyl halides is 2. The zero-order valence-corrected chi connectivity index (χ0v) is 8.91. The summed E-state index contributed by atoms with van der Waals surface area (Å²) in [6.07, 6.45) is -2.95. The van der Waals surface area contributed by atoms with E-state index in [-0.39, 0.29) is 12.2 Å². The van der Waals surface area contributed by atoms with E-state index < -0.39 is 29.3 Å². The van der Waals surface area contributed by atoms with Crippen LogP contribution in [0.4, 0.5) is 8.78 Å². The highest BCUT2D eigenvalue weighted by atomic mass is 19.3. The van der Waals surface area contributed by atoms with Crippen molar-refractivity contribution >= 4 is 5.97 Å². The molecule has 0 spiro atoms. The number of aromatic hydroxyl groups is 1. The normalized spacial score (nSPS) is 10.1. The first-order valence-corrected chi connectivity index (χ1v) is 4.73. The second kappa shape index (κ2) is 5.25. The van der Waals surface area contributed by atoms with Gasteiger partial charge in [0.15, 0.2) is 0 Å². The minimum atomic E-state index is -2.95. The summed E-state index contributed by atoms with van der Waals surface area (Å²) in [5.74, 6) is -1.43. The van der Waals surface area contributed by atoms with Crippen LogP contribution in [0.2, 0.25) is 0 Å². The SMILES string of the molecule is CCOC(=O)c1cc(O)cc(C(F)F)c1C#N. The molecule has 0 atom stereocenters. The first-order chi connectivity index (χ1) is 8.01. The third-order valence-electron chi connectivity index (χ3n) is 2.00. The van der Waals surface area contributed by atoms with Gasteiger partial charge in [-0.05, 0) is 19.1 Å². The number of esters is 1. The summed E-state index contributed by atoms with van der Waals surface area (Å²) in [4.78, 5) is 11.4. The van der Waals surface area contributed by atoms with E-state index in [2.05, 4.69) is 4.74 Å². The number of nitriles is 1. The predicted molar refractivity (Wildman–Crippen MR) is 53.7 cm³/mol. The van der Waals surface area contributed by atoms with E-state index in [4.69, 9.17) is 5.26 Å². The van der Waals surface area contributed by atoms with Crippen molar-refractivity contribution < 1.29 is 23.4 Å². The highest BCUT2D eigenvalue weighted by molar-refractivity contribution is 5.93. The number of nitrogens with zero attached hydrogens (tertiary/aromatic N) is 1. The van der Waals surface area contributed by atoms with Crippen molar-refractivity contribution in [1.29, 1.82) is 5.26 Å². The summed E-state index contributed by atoms with van der Waals surface area (Å²) in [5.41, 5.74) is -1.52. The van der Waals surface area contributed by atoms with Crippen LogP contribution in [0.5, 0.6) is 5.75 Å². The zero-order valence-electron chi connectivity index (χ0n) is 8.91. The average Bonchev–Trinajstić information content (AvgIpc) is 2.28. The van der Waals surface area contributed by atoms with Crippen molar-refractivity contribution in [2.75, 3.05) is 6.61 Å². The number of phenols is 1. The fraction of sp³-hybridized carbons (Fsp3) is 0.273. The number of halogens is 2. The van der Waals surface area contributed by atoms with Crippen LogP contribution in [0, 0.1) is 11.3 Å². The van der Waals surface area contributed by atoms with E-state index in [9.17, 15) is 18.7 Å². The minimum absolute atomic E-state index is 0.0450. The molecule has 17 heavy (non-hydrogen) atoms. The number of rotatable bonds is 3. The van der Waals surface area contributed by atoms with E-state index >= 15 is 0 Å². The molecule has 0 radical (unpaired) electrons. The van der Waals surface area contributed by atoms with Crippen molar-refractivity contribution in [3.05, 3.63) is 28.8 Å². The van der Waals surface area contributed by atoms with Crippen LogP contribution in [0.15, 0.2) is 12.1 Å². The maximum atomic E-state index is 12.6. The van der Waals surface area contributed by atoms with Crippen molar-refractivity contribution in [2.45, 2.75) is 13.3 Å². The monoisotopic (exact) mass is 241 g/mol. The maximum absolute atomic E-state index is 12.6. The van der Waals surface area contributed by atoms with Crippen LogP contribution >= 0.6 is 0 Å². The Kier molecular flexibility index (Phi) is 3.99. The summed E-state index contributed by atoms with van der Waals surface area (Å²) >= 11 is 0. The molecule has 6 heteroatoms.